The molecule has 1 heterocycles. The average molecular weight is 324 g/mol. The van der Waals surface area contributed by atoms with Crippen LogP contribution in [0.1, 0.15) is 29.5 Å². The number of aryl methyl sites for hydroxylation is 1. The molecule has 0 radical (unpaired) electrons. The third-order valence-electron chi connectivity index (χ3n) is 4.64. The SMILES string of the molecule is COc1ccc(C2(c3ccc(C)cc3)OC2C(=O)OC2CC2)cc1. The lowest BCUT2D eigenvalue weighted by Gasteiger charge is -2.15. The second-order valence-corrected chi connectivity index (χ2v) is 6.46. The zero-order valence-corrected chi connectivity index (χ0v) is 13.8. The first-order chi connectivity index (χ1) is 11.6. The van der Waals surface area contributed by atoms with Crippen molar-refractivity contribution >= 4 is 5.97 Å². The van der Waals surface area contributed by atoms with Crippen molar-refractivity contribution in [3.05, 3.63) is 65.2 Å². The number of carbonyl (C=O) groups is 1. The fraction of sp³-hybridized carbons (Fsp3) is 0.350. The molecule has 124 valence electrons. The molecule has 0 N–H and O–H groups in total. The summed E-state index contributed by atoms with van der Waals surface area (Å²) in [6.45, 7) is 2.04. The van der Waals surface area contributed by atoms with Crippen LogP contribution < -0.4 is 4.74 Å². The molecule has 1 aliphatic carbocycles. The number of ether oxygens (including phenoxy) is 3. The first kappa shape index (κ1) is 15.2. The van der Waals surface area contributed by atoms with E-state index in [1.165, 1.54) is 5.56 Å². The molecule has 2 atom stereocenters. The van der Waals surface area contributed by atoms with Gasteiger partial charge in [-0.05, 0) is 43.0 Å². The van der Waals surface area contributed by atoms with Crippen molar-refractivity contribution in [1.29, 1.82) is 0 Å². The molecule has 2 aromatic carbocycles. The van der Waals surface area contributed by atoms with E-state index >= 15 is 0 Å². The Bertz CT molecular complexity index is 746. The number of carbonyl (C=O) groups excluding carboxylic acids is 1. The summed E-state index contributed by atoms with van der Waals surface area (Å²) in [7, 11) is 1.63. The van der Waals surface area contributed by atoms with Crippen molar-refractivity contribution in [3.8, 4) is 5.75 Å². The molecule has 0 aromatic heterocycles. The smallest absolute Gasteiger partial charge is 0.339 e. The van der Waals surface area contributed by atoms with Gasteiger partial charge in [-0.1, -0.05) is 42.0 Å². The van der Waals surface area contributed by atoms with Crippen LogP contribution in [0.4, 0.5) is 0 Å². The van der Waals surface area contributed by atoms with Gasteiger partial charge in [0.2, 0.25) is 0 Å². The Morgan fingerprint density at radius 1 is 1.04 bits per heavy atom. The van der Waals surface area contributed by atoms with Gasteiger partial charge in [-0.25, -0.2) is 4.79 Å². The third-order valence-corrected chi connectivity index (χ3v) is 4.64. The van der Waals surface area contributed by atoms with Crippen LogP contribution >= 0.6 is 0 Å². The molecular formula is C20H20O4. The highest BCUT2D eigenvalue weighted by molar-refractivity contribution is 5.82. The van der Waals surface area contributed by atoms with Gasteiger partial charge >= 0.3 is 5.97 Å². The monoisotopic (exact) mass is 324 g/mol. The maximum atomic E-state index is 12.4. The van der Waals surface area contributed by atoms with E-state index in [1.54, 1.807) is 7.11 Å². The number of epoxide rings is 1. The van der Waals surface area contributed by atoms with Gasteiger partial charge < -0.3 is 14.2 Å². The lowest BCUT2D eigenvalue weighted by atomic mass is 9.87. The summed E-state index contributed by atoms with van der Waals surface area (Å²) in [6.07, 6.45) is 1.40. The topological polar surface area (TPSA) is 48.1 Å². The number of benzene rings is 2. The van der Waals surface area contributed by atoms with Crippen molar-refractivity contribution in [2.24, 2.45) is 0 Å². The fourth-order valence-electron chi connectivity index (χ4n) is 3.02. The third kappa shape index (κ3) is 2.57. The molecule has 24 heavy (non-hydrogen) atoms. The molecule has 2 aromatic rings. The molecule has 1 saturated heterocycles. The van der Waals surface area contributed by atoms with Crippen molar-refractivity contribution < 1.29 is 19.0 Å². The molecule has 0 spiro atoms. The molecule has 4 heteroatoms. The molecule has 0 bridgehead atoms. The summed E-state index contributed by atoms with van der Waals surface area (Å²) in [5.74, 6) is 0.504. The standard InChI is InChI=1S/C20H20O4/c1-13-3-5-14(6-4-13)20(15-7-9-16(22-2)10-8-15)18(24-20)19(21)23-17-11-12-17/h3-10,17-18H,11-12H2,1-2H3. The van der Waals surface area contributed by atoms with Crippen LogP contribution in [0, 0.1) is 6.92 Å². The average Bonchev–Trinajstić information content (AvgIpc) is 3.50. The second-order valence-electron chi connectivity index (χ2n) is 6.46. The number of hydrogen-bond donors (Lipinski definition) is 0. The van der Waals surface area contributed by atoms with Gasteiger partial charge in [0, 0.05) is 0 Å². The highest BCUT2D eigenvalue weighted by Crippen LogP contribution is 2.52. The maximum Gasteiger partial charge on any atom is 0.339 e. The Morgan fingerprint density at radius 2 is 1.62 bits per heavy atom. The van der Waals surface area contributed by atoms with Gasteiger partial charge in [-0.15, -0.1) is 0 Å². The molecule has 2 unspecified atom stereocenters. The summed E-state index contributed by atoms with van der Waals surface area (Å²) in [5.41, 5.74) is 2.31. The first-order valence-corrected chi connectivity index (χ1v) is 8.23. The minimum absolute atomic E-state index is 0.0771. The summed E-state index contributed by atoms with van der Waals surface area (Å²) >= 11 is 0. The Kier molecular flexibility index (Phi) is 3.57. The van der Waals surface area contributed by atoms with Crippen LogP contribution in [0.15, 0.2) is 48.5 Å². The molecule has 4 nitrogen and oxygen atoms in total. The summed E-state index contributed by atoms with van der Waals surface area (Å²) < 4.78 is 16.7. The van der Waals surface area contributed by atoms with Gasteiger partial charge in [0.15, 0.2) is 11.7 Å². The van der Waals surface area contributed by atoms with E-state index in [4.69, 9.17) is 14.2 Å². The van der Waals surface area contributed by atoms with E-state index < -0.39 is 11.7 Å². The number of esters is 1. The van der Waals surface area contributed by atoms with E-state index in [9.17, 15) is 4.79 Å². The van der Waals surface area contributed by atoms with Gasteiger partial charge in [-0.3, -0.25) is 0 Å². The molecule has 4 rings (SSSR count). The van der Waals surface area contributed by atoms with E-state index in [2.05, 4.69) is 0 Å². The van der Waals surface area contributed by atoms with Crippen LogP contribution in [-0.4, -0.2) is 25.3 Å². The maximum absolute atomic E-state index is 12.4. The van der Waals surface area contributed by atoms with Crippen molar-refractivity contribution in [1.82, 2.24) is 0 Å². The summed E-state index contributed by atoms with van der Waals surface area (Å²) in [4.78, 5) is 12.4. The Hall–Kier alpha value is -2.33. The lowest BCUT2D eigenvalue weighted by Crippen LogP contribution is -2.23. The molecule has 1 aliphatic heterocycles. The molecule has 2 aliphatic rings. The van der Waals surface area contributed by atoms with Crippen molar-refractivity contribution in [3.63, 3.8) is 0 Å². The minimum atomic E-state index is -0.758. The molecule has 2 fully saturated rings. The van der Waals surface area contributed by atoms with E-state index in [0.717, 1.165) is 29.7 Å². The van der Waals surface area contributed by atoms with Crippen LogP contribution in [0.3, 0.4) is 0 Å². The van der Waals surface area contributed by atoms with Gasteiger partial charge in [-0.2, -0.15) is 0 Å². The fourth-order valence-corrected chi connectivity index (χ4v) is 3.02. The quantitative estimate of drug-likeness (QED) is 0.625. The summed E-state index contributed by atoms with van der Waals surface area (Å²) in [6, 6.07) is 15.8. The normalized spacial score (nSPS) is 25.2. The highest BCUT2D eigenvalue weighted by Gasteiger charge is 2.64. The molecule has 1 saturated carbocycles. The predicted molar refractivity (Wildman–Crippen MR) is 88.9 cm³/mol. The zero-order chi connectivity index (χ0) is 16.7. The Labute approximate surface area is 141 Å². The molecule has 0 amide bonds. The van der Waals surface area contributed by atoms with Crippen LogP contribution in [0.5, 0.6) is 5.75 Å². The second kappa shape index (κ2) is 5.64. The van der Waals surface area contributed by atoms with Crippen LogP contribution in [0.25, 0.3) is 0 Å². The van der Waals surface area contributed by atoms with Gasteiger partial charge in [0.25, 0.3) is 0 Å². The zero-order valence-electron chi connectivity index (χ0n) is 13.8. The number of hydrogen-bond acceptors (Lipinski definition) is 4. The number of rotatable bonds is 5. The predicted octanol–water partition coefficient (Wildman–Crippen LogP) is 3.35. The van der Waals surface area contributed by atoms with Crippen LogP contribution in [0.2, 0.25) is 0 Å². The van der Waals surface area contributed by atoms with Crippen molar-refractivity contribution in [2.75, 3.05) is 7.11 Å². The van der Waals surface area contributed by atoms with E-state index in [0.29, 0.717) is 0 Å². The lowest BCUT2D eigenvalue weighted by molar-refractivity contribution is -0.146. The Morgan fingerprint density at radius 3 is 2.17 bits per heavy atom. The summed E-state index contributed by atoms with van der Waals surface area (Å²) in [5, 5.41) is 0. The Balaban J connectivity index is 1.69. The largest absolute Gasteiger partial charge is 0.497 e. The van der Waals surface area contributed by atoms with E-state index in [-0.39, 0.29) is 12.1 Å². The van der Waals surface area contributed by atoms with Crippen molar-refractivity contribution in [2.45, 2.75) is 37.6 Å². The van der Waals surface area contributed by atoms with Crippen LogP contribution in [-0.2, 0) is 19.9 Å². The molecular weight excluding hydrogens is 304 g/mol. The minimum Gasteiger partial charge on any atom is -0.497 e. The van der Waals surface area contributed by atoms with Gasteiger partial charge in [0.05, 0.1) is 7.11 Å². The van der Waals surface area contributed by atoms with E-state index in [1.807, 2.05) is 55.5 Å². The number of methoxy groups -OCH3 is 1. The highest BCUT2D eigenvalue weighted by atomic mass is 16.7. The van der Waals surface area contributed by atoms with Gasteiger partial charge in [0.1, 0.15) is 11.9 Å². The first-order valence-electron chi connectivity index (χ1n) is 8.23.